The molecule has 0 amide bonds. The van der Waals surface area contributed by atoms with Crippen molar-refractivity contribution in [2.75, 3.05) is 32.1 Å². The third-order valence-corrected chi connectivity index (χ3v) is 2.81. The largest absolute Gasteiger partial charge is 0.405 e. The Morgan fingerprint density at radius 2 is 1.94 bits per heavy atom. The molecule has 0 radical (unpaired) electrons. The number of nitriles is 1. The normalized spacial score (nSPS) is 14.8. The van der Waals surface area contributed by atoms with Crippen molar-refractivity contribution in [2.45, 2.75) is 6.18 Å². The summed E-state index contributed by atoms with van der Waals surface area (Å²) in [5.74, 6) is -2.31. The molecule has 8 heteroatoms. The molecule has 16 heavy (non-hydrogen) atoms. The SMILES string of the molecule is CN(CCS(C)(=O)=O)CC(C#N)C(F)(F)F. The Balaban J connectivity index is 4.24. The molecular formula is C8H13F3N2O2S. The molecule has 0 spiro atoms. The van der Waals surface area contributed by atoms with Gasteiger partial charge in [-0.05, 0) is 7.05 Å². The van der Waals surface area contributed by atoms with E-state index in [-0.39, 0.29) is 12.3 Å². The van der Waals surface area contributed by atoms with Crippen molar-refractivity contribution < 1.29 is 21.6 Å². The molecule has 1 atom stereocenters. The second kappa shape index (κ2) is 5.50. The zero-order valence-electron chi connectivity index (χ0n) is 8.95. The van der Waals surface area contributed by atoms with Crippen molar-refractivity contribution in [1.29, 1.82) is 5.26 Å². The van der Waals surface area contributed by atoms with Crippen LogP contribution in [-0.4, -0.2) is 51.6 Å². The lowest BCUT2D eigenvalue weighted by Crippen LogP contribution is -2.36. The predicted octanol–water partition coefficient (Wildman–Crippen LogP) is 0.665. The molecule has 0 aromatic heterocycles. The van der Waals surface area contributed by atoms with Gasteiger partial charge in [-0.3, -0.25) is 0 Å². The maximum absolute atomic E-state index is 12.2. The fourth-order valence-electron chi connectivity index (χ4n) is 0.942. The molecule has 0 aromatic rings. The molecule has 0 rings (SSSR count). The Hall–Kier alpha value is -0.810. The van der Waals surface area contributed by atoms with Crippen LogP contribution >= 0.6 is 0 Å². The van der Waals surface area contributed by atoms with Crippen LogP contribution < -0.4 is 0 Å². The Morgan fingerprint density at radius 1 is 1.44 bits per heavy atom. The first-order valence-corrected chi connectivity index (χ1v) is 6.45. The van der Waals surface area contributed by atoms with Gasteiger partial charge in [-0.2, -0.15) is 18.4 Å². The van der Waals surface area contributed by atoms with Gasteiger partial charge in [0, 0.05) is 19.3 Å². The molecule has 0 heterocycles. The van der Waals surface area contributed by atoms with Gasteiger partial charge in [-0.25, -0.2) is 8.42 Å². The topological polar surface area (TPSA) is 61.2 Å². The van der Waals surface area contributed by atoms with Gasteiger partial charge in [0.2, 0.25) is 0 Å². The third kappa shape index (κ3) is 6.63. The lowest BCUT2D eigenvalue weighted by atomic mass is 10.1. The molecule has 0 aromatic carbocycles. The van der Waals surface area contributed by atoms with Crippen LogP contribution in [0.15, 0.2) is 0 Å². The highest BCUT2D eigenvalue weighted by molar-refractivity contribution is 7.90. The summed E-state index contributed by atoms with van der Waals surface area (Å²) in [7, 11) is -1.85. The van der Waals surface area contributed by atoms with E-state index in [1.54, 1.807) is 0 Å². The summed E-state index contributed by atoms with van der Waals surface area (Å²) in [5, 5.41) is 8.32. The number of sulfone groups is 1. The third-order valence-electron chi connectivity index (χ3n) is 1.89. The summed E-state index contributed by atoms with van der Waals surface area (Å²) < 4.78 is 58.1. The molecule has 0 aliphatic heterocycles. The van der Waals surface area contributed by atoms with E-state index in [1.807, 2.05) is 0 Å². The summed E-state index contributed by atoms with van der Waals surface area (Å²) in [6.45, 7) is -0.539. The van der Waals surface area contributed by atoms with E-state index in [0.29, 0.717) is 0 Å². The van der Waals surface area contributed by atoms with Crippen LogP contribution in [0.1, 0.15) is 0 Å². The van der Waals surface area contributed by atoms with Gasteiger partial charge in [0.05, 0.1) is 11.8 Å². The fourth-order valence-corrected chi connectivity index (χ4v) is 1.59. The Morgan fingerprint density at radius 3 is 2.25 bits per heavy atom. The highest BCUT2D eigenvalue weighted by Crippen LogP contribution is 2.25. The van der Waals surface area contributed by atoms with Gasteiger partial charge in [0.25, 0.3) is 0 Å². The second-order valence-electron chi connectivity index (χ2n) is 3.62. The van der Waals surface area contributed by atoms with Gasteiger partial charge >= 0.3 is 6.18 Å². The average molecular weight is 258 g/mol. The van der Waals surface area contributed by atoms with Crippen molar-refractivity contribution >= 4 is 9.84 Å². The summed E-state index contributed by atoms with van der Waals surface area (Å²) in [4.78, 5) is 1.18. The lowest BCUT2D eigenvalue weighted by molar-refractivity contribution is -0.162. The van der Waals surface area contributed by atoms with Crippen molar-refractivity contribution in [3.8, 4) is 6.07 Å². The Labute approximate surface area is 92.6 Å². The maximum Gasteiger partial charge on any atom is 0.405 e. The van der Waals surface area contributed by atoms with Crippen LogP contribution in [0, 0.1) is 17.2 Å². The van der Waals surface area contributed by atoms with Gasteiger partial charge in [0.1, 0.15) is 9.84 Å². The van der Waals surface area contributed by atoms with E-state index in [4.69, 9.17) is 5.26 Å². The minimum Gasteiger partial charge on any atom is -0.304 e. The standard InChI is InChI=1S/C8H13F3N2O2S/c1-13(3-4-16(2,14)15)6-7(5-12)8(9,10)11/h7H,3-4,6H2,1-2H3. The second-order valence-corrected chi connectivity index (χ2v) is 5.88. The molecular weight excluding hydrogens is 245 g/mol. The summed E-state index contributed by atoms with van der Waals surface area (Å²) >= 11 is 0. The molecule has 4 nitrogen and oxygen atoms in total. The molecule has 1 unspecified atom stereocenters. The van der Waals surface area contributed by atoms with Crippen molar-refractivity contribution in [2.24, 2.45) is 5.92 Å². The fraction of sp³-hybridized carbons (Fsp3) is 0.875. The van der Waals surface area contributed by atoms with Crippen LogP contribution in [0.5, 0.6) is 0 Å². The van der Waals surface area contributed by atoms with Crippen molar-refractivity contribution in [1.82, 2.24) is 4.90 Å². The van der Waals surface area contributed by atoms with E-state index in [9.17, 15) is 21.6 Å². The molecule has 0 saturated heterocycles. The summed E-state index contributed by atoms with van der Waals surface area (Å²) in [5.41, 5.74) is 0. The highest BCUT2D eigenvalue weighted by atomic mass is 32.2. The van der Waals surface area contributed by atoms with Crippen molar-refractivity contribution in [3.63, 3.8) is 0 Å². The molecule has 0 fully saturated rings. The first-order chi connectivity index (χ1) is 7.06. The van der Waals surface area contributed by atoms with Crippen LogP contribution in [0.25, 0.3) is 0 Å². The number of alkyl halides is 3. The molecule has 0 bridgehead atoms. The van der Waals surface area contributed by atoms with Gasteiger partial charge < -0.3 is 4.90 Å². The Bertz CT molecular complexity index is 358. The number of hydrogen-bond acceptors (Lipinski definition) is 4. The quantitative estimate of drug-likeness (QED) is 0.727. The zero-order chi connectivity index (χ0) is 13.0. The molecule has 0 aliphatic rings. The van der Waals surface area contributed by atoms with Crippen LogP contribution in [0.2, 0.25) is 0 Å². The van der Waals surface area contributed by atoms with Crippen LogP contribution in [0.4, 0.5) is 13.2 Å². The van der Waals surface area contributed by atoms with Gasteiger partial charge in [-0.15, -0.1) is 0 Å². The first-order valence-electron chi connectivity index (χ1n) is 4.39. The predicted molar refractivity (Wildman–Crippen MR) is 52.4 cm³/mol. The van der Waals surface area contributed by atoms with Gasteiger partial charge in [-0.1, -0.05) is 0 Å². The minimum atomic E-state index is -4.58. The minimum absolute atomic E-state index is 0.0207. The van der Waals surface area contributed by atoms with E-state index in [0.717, 1.165) is 12.3 Å². The van der Waals surface area contributed by atoms with Crippen LogP contribution in [0.3, 0.4) is 0 Å². The summed E-state index contributed by atoms with van der Waals surface area (Å²) in [6, 6.07) is 1.15. The van der Waals surface area contributed by atoms with Crippen LogP contribution in [-0.2, 0) is 9.84 Å². The maximum atomic E-state index is 12.2. The monoisotopic (exact) mass is 258 g/mol. The lowest BCUT2D eigenvalue weighted by Gasteiger charge is -2.20. The molecule has 0 aliphatic carbocycles. The van der Waals surface area contributed by atoms with Crippen molar-refractivity contribution in [3.05, 3.63) is 0 Å². The Kier molecular flexibility index (Phi) is 5.22. The molecule has 0 saturated carbocycles. The number of hydrogen-bond donors (Lipinski definition) is 0. The number of nitrogens with zero attached hydrogens (tertiary/aromatic N) is 2. The van der Waals surface area contributed by atoms with E-state index >= 15 is 0 Å². The van der Waals surface area contributed by atoms with E-state index in [2.05, 4.69) is 0 Å². The molecule has 94 valence electrons. The van der Waals surface area contributed by atoms with E-state index in [1.165, 1.54) is 11.9 Å². The zero-order valence-corrected chi connectivity index (χ0v) is 9.77. The van der Waals surface area contributed by atoms with E-state index < -0.39 is 28.5 Å². The molecule has 0 N–H and O–H groups in total. The number of rotatable bonds is 5. The first kappa shape index (κ1) is 15.2. The highest BCUT2D eigenvalue weighted by Gasteiger charge is 2.40. The number of halogens is 3. The smallest absolute Gasteiger partial charge is 0.304 e. The van der Waals surface area contributed by atoms with Gasteiger partial charge in [0.15, 0.2) is 5.92 Å². The summed E-state index contributed by atoms with van der Waals surface area (Å²) in [6.07, 6.45) is -3.57. The average Bonchev–Trinajstić information content (AvgIpc) is 2.07.